The zero-order chi connectivity index (χ0) is 19.5. The molecule has 7 nitrogen and oxygen atoms in total. The molecule has 0 fully saturated rings. The van der Waals surface area contributed by atoms with Crippen molar-refractivity contribution in [2.24, 2.45) is 5.92 Å². The van der Waals surface area contributed by atoms with Crippen LogP contribution in [0.2, 0.25) is 0 Å². The number of carboxylic acid groups (broad SMARTS) is 2. The minimum atomic E-state index is -1.82. The predicted octanol–water partition coefficient (Wildman–Crippen LogP) is 2.13. The molecule has 0 saturated heterocycles. The van der Waals surface area contributed by atoms with Crippen LogP contribution in [0.5, 0.6) is 0 Å². The van der Waals surface area contributed by atoms with Gasteiger partial charge < -0.3 is 14.9 Å². The molecule has 1 aromatic carbocycles. The third-order valence-corrected chi connectivity index (χ3v) is 3.86. The van der Waals surface area contributed by atoms with Crippen LogP contribution in [0.25, 0.3) is 5.57 Å². The van der Waals surface area contributed by atoms with Crippen LogP contribution < -0.4 is 0 Å². The Morgan fingerprint density at radius 2 is 1.73 bits per heavy atom. The lowest BCUT2D eigenvalue weighted by Crippen LogP contribution is -2.38. The number of rotatable bonds is 5. The van der Waals surface area contributed by atoms with Crippen LogP contribution in [0.15, 0.2) is 36.4 Å². The van der Waals surface area contributed by atoms with Crippen LogP contribution in [0, 0.1) is 5.92 Å². The maximum atomic E-state index is 12.3. The van der Waals surface area contributed by atoms with Crippen molar-refractivity contribution < 1.29 is 29.3 Å². The molecule has 1 aliphatic rings. The molecule has 1 aliphatic heterocycles. The average Bonchev–Trinajstić information content (AvgIpc) is 2.66. The van der Waals surface area contributed by atoms with Crippen molar-refractivity contribution in [2.75, 3.05) is 26.2 Å². The number of likely N-dealkylation sites (N-methyl/N-ethyl adjacent to an activating group) is 1. The fourth-order valence-corrected chi connectivity index (χ4v) is 2.51. The van der Waals surface area contributed by atoms with Gasteiger partial charge in [-0.05, 0) is 24.1 Å². The first-order chi connectivity index (χ1) is 12.4. The van der Waals surface area contributed by atoms with Crippen molar-refractivity contribution in [3.63, 3.8) is 0 Å². The molecule has 1 atom stereocenters. The summed E-state index contributed by atoms with van der Waals surface area (Å²) in [6, 6.07) is 10.1. The molecule has 0 amide bonds. The van der Waals surface area contributed by atoms with Gasteiger partial charge in [-0.2, -0.15) is 0 Å². The van der Waals surface area contributed by atoms with Crippen LogP contribution in [0.1, 0.15) is 25.8 Å². The van der Waals surface area contributed by atoms with Crippen molar-refractivity contribution in [1.82, 2.24) is 4.90 Å². The van der Waals surface area contributed by atoms with E-state index < -0.39 is 11.9 Å². The van der Waals surface area contributed by atoms with Gasteiger partial charge in [0, 0.05) is 13.1 Å². The Kier molecular flexibility index (Phi) is 9.08. The Balaban J connectivity index is 0.000000487. The smallest absolute Gasteiger partial charge is 0.414 e. The van der Waals surface area contributed by atoms with Gasteiger partial charge in [0.2, 0.25) is 0 Å². The van der Waals surface area contributed by atoms with Crippen LogP contribution in [-0.4, -0.2) is 59.3 Å². The van der Waals surface area contributed by atoms with Gasteiger partial charge in [0.15, 0.2) is 0 Å². The van der Waals surface area contributed by atoms with Crippen molar-refractivity contribution >= 4 is 23.5 Å². The zero-order valence-electron chi connectivity index (χ0n) is 15.1. The summed E-state index contributed by atoms with van der Waals surface area (Å²) < 4.78 is 5.37. The van der Waals surface area contributed by atoms with Gasteiger partial charge in [-0.15, -0.1) is 0 Å². The minimum absolute atomic E-state index is 0.0971. The summed E-state index contributed by atoms with van der Waals surface area (Å²) in [7, 11) is 0. The van der Waals surface area contributed by atoms with Crippen molar-refractivity contribution in [3.8, 4) is 0 Å². The van der Waals surface area contributed by atoms with Gasteiger partial charge in [-0.3, -0.25) is 9.69 Å². The first-order valence-electron chi connectivity index (χ1n) is 8.51. The van der Waals surface area contributed by atoms with Crippen LogP contribution in [0.3, 0.4) is 0 Å². The second kappa shape index (κ2) is 11.0. The second-order valence-electron chi connectivity index (χ2n) is 5.71. The first kappa shape index (κ1) is 21.4. The van der Waals surface area contributed by atoms with Crippen LogP contribution in [-0.2, 0) is 19.1 Å². The third-order valence-electron chi connectivity index (χ3n) is 3.86. The lowest BCUT2D eigenvalue weighted by atomic mass is 9.89. The topological polar surface area (TPSA) is 104 Å². The van der Waals surface area contributed by atoms with E-state index in [-0.39, 0.29) is 11.9 Å². The second-order valence-corrected chi connectivity index (χ2v) is 5.71. The van der Waals surface area contributed by atoms with Crippen LogP contribution in [0.4, 0.5) is 0 Å². The van der Waals surface area contributed by atoms with E-state index in [1.165, 1.54) is 0 Å². The summed E-state index contributed by atoms with van der Waals surface area (Å²) in [6.07, 6.45) is 3.03. The number of hydrogen-bond acceptors (Lipinski definition) is 5. The Morgan fingerprint density at radius 3 is 2.23 bits per heavy atom. The lowest BCUT2D eigenvalue weighted by Gasteiger charge is -2.31. The van der Waals surface area contributed by atoms with Crippen LogP contribution >= 0.6 is 0 Å². The number of carbonyl (C=O) groups is 3. The minimum Gasteiger partial charge on any atom is -0.473 e. The summed E-state index contributed by atoms with van der Waals surface area (Å²) in [5, 5.41) is 14.8. The summed E-state index contributed by atoms with van der Waals surface area (Å²) in [5.74, 6) is -3.91. The first-order valence-corrected chi connectivity index (χ1v) is 8.51. The molecule has 0 saturated carbocycles. The molecular formula is C19H25NO6. The Labute approximate surface area is 152 Å². The molecule has 1 aromatic rings. The lowest BCUT2D eigenvalue weighted by molar-refractivity contribution is -0.159. The molecule has 7 heteroatoms. The van der Waals surface area contributed by atoms with E-state index in [1.807, 2.05) is 25.1 Å². The van der Waals surface area contributed by atoms with Gasteiger partial charge in [-0.25, -0.2) is 9.59 Å². The highest BCUT2D eigenvalue weighted by atomic mass is 16.5. The van der Waals surface area contributed by atoms with E-state index in [1.54, 1.807) is 0 Å². The maximum Gasteiger partial charge on any atom is 0.414 e. The highest BCUT2D eigenvalue weighted by Crippen LogP contribution is 2.28. The largest absolute Gasteiger partial charge is 0.473 e. The molecule has 0 aromatic heterocycles. The molecule has 26 heavy (non-hydrogen) atoms. The predicted molar refractivity (Wildman–Crippen MR) is 96.5 cm³/mol. The van der Waals surface area contributed by atoms with E-state index in [0.29, 0.717) is 6.61 Å². The van der Waals surface area contributed by atoms with E-state index in [0.717, 1.165) is 37.2 Å². The zero-order valence-corrected chi connectivity index (χ0v) is 15.1. The monoisotopic (exact) mass is 363 g/mol. The van der Waals surface area contributed by atoms with Gasteiger partial charge in [0.25, 0.3) is 0 Å². The summed E-state index contributed by atoms with van der Waals surface area (Å²) >= 11 is 0. The van der Waals surface area contributed by atoms with E-state index in [2.05, 4.69) is 30.0 Å². The summed E-state index contributed by atoms with van der Waals surface area (Å²) in [6.45, 7) is 7.24. The van der Waals surface area contributed by atoms with E-state index >= 15 is 0 Å². The molecule has 142 valence electrons. The maximum absolute atomic E-state index is 12.3. The number of nitrogens with zero attached hydrogens (tertiary/aromatic N) is 1. The number of ether oxygens (including phenoxy) is 1. The molecule has 0 bridgehead atoms. The number of aliphatic carboxylic acids is 2. The Morgan fingerprint density at radius 1 is 1.12 bits per heavy atom. The fraction of sp³-hybridized carbons (Fsp3) is 0.421. The SMILES string of the molecule is CCCOC(=O)C1CN(CC)CC=C1c1ccccc1.O=C(O)C(=O)O. The molecule has 1 unspecified atom stereocenters. The highest BCUT2D eigenvalue weighted by Gasteiger charge is 2.30. The molecule has 0 aliphatic carbocycles. The Bertz CT molecular complexity index is 629. The van der Waals surface area contributed by atoms with Crippen molar-refractivity contribution in [1.29, 1.82) is 0 Å². The van der Waals surface area contributed by atoms with Gasteiger partial charge in [0.05, 0.1) is 12.5 Å². The van der Waals surface area contributed by atoms with Crippen molar-refractivity contribution in [2.45, 2.75) is 20.3 Å². The van der Waals surface area contributed by atoms with Gasteiger partial charge >= 0.3 is 17.9 Å². The van der Waals surface area contributed by atoms with Crippen molar-refractivity contribution in [3.05, 3.63) is 42.0 Å². The highest BCUT2D eigenvalue weighted by molar-refractivity contribution is 6.27. The molecule has 2 N–H and O–H groups in total. The fourth-order valence-electron chi connectivity index (χ4n) is 2.51. The van der Waals surface area contributed by atoms with E-state index in [4.69, 9.17) is 24.5 Å². The molecule has 0 radical (unpaired) electrons. The summed E-state index contributed by atoms with van der Waals surface area (Å²) in [5.41, 5.74) is 2.23. The average molecular weight is 363 g/mol. The van der Waals surface area contributed by atoms with E-state index in [9.17, 15) is 4.79 Å². The molecule has 1 heterocycles. The third kappa shape index (κ3) is 6.68. The standard InChI is InChI=1S/C17H23NO2.C2H2O4/c1-3-12-20-17(19)16-13-18(4-2)11-10-15(16)14-8-6-5-7-9-14;3-1(4)2(5)6/h5-10,16H,3-4,11-13H2,1-2H3;(H,3,4)(H,5,6). The Hall–Kier alpha value is -2.67. The number of esters is 1. The quantitative estimate of drug-likeness (QED) is 0.610. The number of carbonyl (C=O) groups excluding carboxylic acids is 1. The number of hydrogen-bond donors (Lipinski definition) is 2. The van der Waals surface area contributed by atoms with Gasteiger partial charge in [0.1, 0.15) is 0 Å². The molecule has 0 spiro atoms. The van der Waals surface area contributed by atoms with Gasteiger partial charge in [-0.1, -0.05) is 50.3 Å². The normalized spacial score (nSPS) is 16.7. The molecular weight excluding hydrogens is 338 g/mol. The summed E-state index contributed by atoms with van der Waals surface area (Å²) in [4.78, 5) is 32.8. The number of benzene rings is 1. The molecule has 2 rings (SSSR count). The number of carboxylic acids is 2.